The van der Waals surface area contributed by atoms with Gasteiger partial charge in [-0.2, -0.15) is 0 Å². The van der Waals surface area contributed by atoms with Crippen LogP contribution in [0.3, 0.4) is 0 Å². The van der Waals surface area contributed by atoms with E-state index in [0.717, 1.165) is 42.9 Å². The van der Waals surface area contributed by atoms with Crippen molar-refractivity contribution in [3.63, 3.8) is 0 Å². The Bertz CT molecular complexity index is 1140. The molecule has 3 aromatic rings. The Labute approximate surface area is 187 Å². The summed E-state index contributed by atoms with van der Waals surface area (Å²) in [6, 6.07) is 14.2. The van der Waals surface area contributed by atoms with Crippen LogP contribution in [0.5, 0.6) is 0 Å². The number of rotatable bonds is 6. The van der Waals surface area contributed by atoms with E-state index in [1.807, 2.05) is 42.1 Å². The van der Waals surface area contributed by atoms with Gasteiger partial charge in [-0.1, -0.05) is 30.3 Å². The number of anilines is 1. The van der Waals surface area contributed by atoms with Gasteiger partial charge in [0, 0.05) is 32.0 Å². The van der Waals surface area contributed by atoms with E-state index in [0.29, 0.717) is 25.1 Å². The fraction of sp³-hybridized carbons (Fsp3) is 0.400. The number of pyridine rings is 1. The predicted octanol–water partition coefficient (Wildman–Crippen LogP) is 3.79. The number of nitrogens with zero attached hydrogens (tertiary/aromatic N) is 5. The molecule has 1 amide bonds. The van der Waals surface area contributed by atoms with Crippen molar-refractivity contribution in [2.75, 3.05) is 11.9 Å². The zero-order valence-corrected chi connectivity index (χ0v) is 18.3. The molecule has 1 aromatic carbocycles. The summed E-state index contributed by atoms with van der Waals surface area (Å²) >= 11 is 0. The molecule has 2 atom stereocenters. The van der Waals surface area contributed by atoms with E-state index in [-0.39, 0.29) is 23.7 Å². The first-order valence-corrected chi connectivity index (χ1v) is 11.4. The highest BCUT2D eigenvalue weighted by atomic mass is 16.2. The first-order chi connectivity index (χ1) is 15.6. The van der Waals surface area contributed by atoms with Gasteiger partial charge in [-0.15, -0.1) is 5.10 Å². The highest BCUT2D eigenvalue weighted by Gasteiger charge is 2.30. The molecule has 32 heavy (non-hydrogen) atoms. The summed E-state index contributed by atoms with van der Waals surface area (Å²) in [6.45, 7) is 0. The molecule has 0 fully saturated rings. The molecule has 7 heteroatoms. The third-order valence-corrected chi connectivity index (χ3v) is 6.67. The van der Waals surface area contributed by atoms with E-state index < -0.39 is 0 Å². The van der Waals surface area contributed by atoms with Crippen molar-refractivity contribution in [3.05, 3.63) is 71.6 Å². The minimum absolute atomic E-state index is 0.0434. The lowest BCUT2D eigenvalue weighted by atomic mass is 9.95. The van der Waals surface area contributed by atoms with Crippen molar-refractivity contribution in [1.82, 2.24) is 19.7 Å². The molecular weight excluding hydrogens is 402 g/mol. The fourth-order valence-electron chi connectivity index (χ4n) is 4.91. The summed E-state index contributed by atoms with van der Waals surface area (Å²) in [5, 5.41) is 4.56. The third kappa shape index (κ3) is 3.83. The van der Waals surface area contributed by atoms with Gasteiger partial charge in [0.05, 0.1) is 17.4 Å². The maximum atomic E-state index is 12.9. The molecule has 0 unspecified atom stereocenters. The molecule has 0 saturated heterocycles. The molecule has 0 bridgehead atoms. The zero-order valence-electron chi connectivity index (χ0n) is 18.3. The molecule has 2 aromatic heterocycles. The van der Waals surface area contributed by atoms with Crippen LogP contribution in [0.1, 0.15) is 65.8 Å². The molecule has 164 valence electrons. The molecule has 5 rings (SSSR count). The van der Waals surface area contributed by atoms with Crippen LogP contribution < -0.4 is 4.90 Å². The molecule has 0 N–H and O–H groups in total. The van der Waals surface area contributed by atoms with Gasteiger partial charge < -0.3 is 4.90 Å². The fourth-order valence-corrected chi connectivity index (χ4v) is 4.91. The van der Waals surface area contributed by atoms with Crippen molar-refractivity contribution in [2.45, 2.75) is 51.0 Å². The molecule has 4 heterocycles. The summed E-state index contributed by atoms with van der Waals surface area (Å²) in [4.78, 5) is 36.4. The number of benzene rings is 1. The minimum Gasteiger partial charge on any atom is -0.313 e. The van der Waals surface area contributed by atoms with Crippen LogP contribution in [-0.2, 0) is 17.6 Å². The quantitative estimate of drug-likeness (QED) is 0.557. The summed E-state index contributed by atoms with van der Waals surface area (Å²) < 4.78 is 1.91. The van der Waals surface area contributed by atoms with Gasteiger partial charge in [-0.25, -0.2) is 9.67 Å². The van der Waals surface area contributed by atoms with Crippen LogP contribution in [0.2, 0.25) is 0 Å². The van der Waals surface area contributed by atoms with Crippen LogP contribution in [-0.4, -0.2) is 38.5 Å². The van der Waals surface area contributed by atoms with Gasteiger partial charge >= 0.3 is 0 Å². The Hall–Kier alpha value is -3.35. The minimum atomic E-state index is -0.0931. The number of hydrogen-bond acceptors (Lipinski definition) is 5. The summed E-state index contributed by atoms with van der Waals surface area (Å²) in [5.41, 5.74) is 3.05. The number of fused-ring (bicyclic) bond motifs is 2. The Morgan fingerprint density at radius 3 is 2.78 bits per heavy atom. The number of ketones is 1. The van der Waals surface area contributed by atoms with E-state index in [9.17, 15) is 9.59 Å². The number of Topliss-reactive ketones (excluding diaryl/α,β-unsaturated/α-hetero) is 1. The van der Waals surface area contributed by atoms with Crippen LogP contribution >= 0.6 is 0 Å². The van der Waals surface area contributed by atoms with Crippen molar-refractivity contribution >= 4 is 17.4 Å². The first kappa shape index (κ1) is 20.5. The third-order valence-electron chi connectivity index (χ3n) is 6.67. The first-order valence-electron chi connectivity index (χ1n) is 11.4. The Morgan fingerprint density at radius 1 is 1.09 bits per heavy atom. The zero-order chi connectivity index (χ0) is 22.1. The maximum Gasteiger partial charge on any atom is 0.229 e. The highest BCUT2D eigenvalue weighted by molar-refractivity contribution is 5.96. The van der Waals surface area contributed by atoms with E-state index >= 15 is 0 Å². The van der Waals surface area contributed by atoms with Crippen LogP contribution in [0.25, 0.3) is 0 Å². The van der Waals surface area contributed by atoms with Gasteiger partial charge in [-0.05, 0) is 49.8 Å². The number of amides is 1. The monoisotopic (exact) mass is 429 g/mol. The standard InChI is InChI=1S/C25H27N5O2/c1-29-21-10-6-16-26-19(21)13-12-18(25(29)32)9-5-11-22(31)24-27-23-15-14-20(30(23)28-24)17-7-3-2-4-8-17/h2-4,6-8,10,16,18,20H,5,9,11-15H2,1H3/t18-,20-/m0/s1. The average Bonchev–Trinajstić information content (AvgIpc) is 3.39. The molecule has 2 aliphatic rings. The van der Waals surface area contributed by atoms with Crippen molar-refractivity contribution in [1.29, 1.82) is 0 Å². The van der Waals surface area contributed by atoms with Gasteiger partial charge in [0.25, 0.3) is 0 Å². The van der Waals surface area contributed by atoms with Crippen molar-refractivity contribution in [2.24, 2.45) is 5.92 Å². The Balaban J connectivity index is 1.20. The molecule has 0 saturated carbocycles. The topological polar surface area (TPSA) is 81.0 Å². The van der Waals surface area contributed by atoms with Gasteiger partial charge in [0.1, 0.15) is 5.82 Å². The van der Waals surface area contributed by atoms with Crippen LogP contribution in [0, 0.1) is 5.92 Å². The largest absolute Gasteiger partial charge is 0.313 e. The lowest BCUT2D eigenvalue weighted by molar-refractivity contribution is -0.122. The highest BCUT2D eigenvalue weighted by Crippen LogP contribution is 2.31. The normalized spacial score (nSPS) is 20.0. The van der Waals surface area contributed by atoms with E-state index in [2.05, 4.69) is 27.2 Å². The molecular formula is C25H27N5O2. The number of aromatic nitrogens is 4. The van der Waals surface area contributed by atoms with Gasteiger partial charge in [0.2, 0.25) is 17.5 Å². The van der Waals surface area contributed by atoms with E-state index in [1.54, 1.807) is 11.1 Å². The number of carbonyl (C=O) groups is 2. The molecule has 7 nitrogen and oxygen atoms in total. The van der Waals surface area contributed by atoms with Crippen LogP contribution in [0.4, 0.5) is 5.69 Å². The van der Waals surface area contributed by atoms with Crippen molar-refractivity contribution < 1.29 is 9.59 Å². The summed E-state index contributed by atoms with van der Waals surface area (Å²) in [7, 11) is 1.81. The van der Waals surface area contributed by atoms with Gasteiger partial charge in [-0.3, -0.25) is 14.6 Å². The summed E-state index contributed by atoms with van der Waals surface area (Å²) in [6.07, 6.45) is 6.80. The SMILES string of the molecule is CN1C(=O)[C@@H](CCCC(=O)c2nc3n(n2)[C@H](c2ccccc2)CC3)CCc2ncccc21. The summed E-state index contributed by atoms with van der Waals surface area (Å²) in [5.74, 6) is 1.16. The molecule has 0 aliphatic carbocycles. The second-order valence-electron chi connectivity index (χ2n) is 8.68. The maximum absolute atomic E-state index is 12.9. The van der Waals surface area contributed by atoms with Gasteiger partial charge in [0.15, 0.2) is 0 Å². The molecule has 0 radical (unpaired) electrons. The van der Waals surface area contributed by atoms with Crippen molar-refractivity contribution in [3.8, 4) is 0 Å². The lowest BCUT2D eigenvalue weighted by Gasteiger charge is -2.20. The number of hydrogen-bond donors (Lipinski definition) is 0. The molecule has 2 aliphatic heterocycles. The number of aryl methyl sites for hydroxylation is 2. The average molecular weight is 430 g/mol. The van der Waals surface area contributed by atoms with E-state index in [4.69, 9.17) is 0 Å². The second kappa shape index (κ2) is 8.65. The van der Waals surface area contributed by atoms with Crippen LogP contribution in [0.15, 0.2) is 48.7 Å². The number of carbonyl (C=O) groups excluding carboxylic acids is 2. The molecule has 0 spiro atoms. The predicted molar refractivity (Wildman–Crippen MR) is 121 cm³/mol. The lowest BCUT2D eigenvalue weighted by Crippen LogP contribution is -2.31. The van der Waals surface area contributed by atoms with E-state index in [1.165, 1.54) is 5.56 Å². The second-order valence-corrected chi connectivity index (χ2v) is 8.68. The smallest absolute Gasteiger partial charge is 0.229 e. The Kier molecular flexibility index (Phi) is 5.55. The Morgan fingerprint density at radius 2 is 1.94 bits per heavy atom.